The van der Waals surface area contributed by atoms with E-state index in [0.717, 1.165) is 0 Å². The van der Waals surface area contributed by atoms with Crippen molar-refractivity contribution in [2.45, 2.75) is 11.3 Å². The van der Waals surface area contributed by atoms with Gasteiger partial charge in [0.25, 0.3) is 0 Å². The molecule has 0 aromatic carbocycles. The number of hydrogen-bond donors (Lipinski definition) is 0. The van der Waals surface area contributed by atoms with Gasteiger partial charge in [0.15, 0.2) is 0 Å². The first-order chi connectivity index (χ1) is 5.10. The lowest BCUT2D eigenvalue weighted by molar-refractivity contribution is -0.144. The second kappa shape index (κ2) is 3.12. The van der Waals surface area contributed by atoms with E-state index >= 15 is 0 Å². The number of allylic oxidation sites excluding steroid dienone is 1. The summed E-state index contributed by atoms with van der Waals surface area (Å²) < 4.78 is 80.4. The third-order valence-electron chi connectivity index (χ3n) is 0.798. The van der Waals surface area contributed by atoms with Crippen LogP contribution in [0.5, 0.6) is 0 Å². The fourth-order valence-electron chi connectivity index (χ4n) is 0.243. The molecule has 0 N–H and O–H groups in total. The van der Waals surface area contributed by atoms with Crippen molar-refractivity contribution in [3.8, 4) is 0 Å². The van der Waals surface area contributed by atoms with Crippen molar-refractivity contribution in [3.63, 3.8) is 0 Å². The van der Waals surface area contributed by atoms with Gasteiger partial charge in [0, 0.05) is 0 Å². The lowest BCUT2D eigenvalue weighted by Gasteiger charge is -2.17. The van der Waals surface area contributed by atoms with Crippen LogP contribution in [0.2, 0.25) is 0 Å². The van der Waals surface area contributed by atoms with E-state index in [9.17, 15) is 30.7 Å². The highest BCUT2D eigenvalue weighted by Gasteiger charge is 2.60. The molecule has 0 bridgehead atoms. The van der Waals surface area contributed by atoms with Crippen LogP contribution in [0.3, 0.4) is 0 Å². The topological polar surface area (TPSA) is 0 Å². The minimum Gasteiger partial charge on any atom is -0.199 e. The van der Waals surface area contributed by atoms with Crippen LogP contribution >= 0.6 is 11.6 Å². The zero-order valence-electron chi connectivity index (χ0n) is 5.02. The minimum atomic E-state index is -5.69. The highest BCUT2D eigenvalue weighted by Crippen LogP contribution is 2.44. The number of alkyl halides is 5. The van der Waals surface area contributed by atoms with Crippen LogP contribution in [0.25, 0.3) is 0 Å². The summed E-state index contributed by atoms with van der Waals surface area (Å²) in [5.74, 6) is -9.21. The lowest BCUT2D eigenvalue weighted by Crippen LogP contribution is -2.36. The number of hydrogen-bond acceptors (Lipinski definition) is 0. The van der Waals surface area contributed by atoms with Crippen molar-refractivity contribution in [1.82, 2.24) is 0 Å². The Kier molecular flexibility index (Phi) is 3.00. The van der Waals surface area contributed by atoms with Crippen LogP contribution in [-0.2, 0) is 0 Å². The molecule has 0 amide bonds. The van der Waals surface area contributed by atoms with Gasteiger partial charge < -0.3 is 0 Å². The Labute approximate surface area is 66.6 Å². The van der Waals surface area contributed by atoms with Gasteiger partial charge >= 0.3 is 17.4 Å². The smallest absolute Gasteiger partial charge is 0.199 e. The molecule has 0 heterocycles. The third-order valence-corrected chi connectivity index (χ3v) is 1.03. The predicted octanol–water partition coefficient (Wildman–Crippen LogP) is 3.53. The van der Waals surface area contributed by atoms with Gasteiger partial charge in [-0.15, -0.1) is 0 Å². The van der Waals surface area contributed by atoms with Crippen LogP contribution in [0, 0.1) is 0 Å². The van der Waals surface area contributed by atoms with Gasteiger partial charge in [-0.25, -0.2) is 0 Å². The summed E-state index contributed by atoms with van der Waals surface area (Å²) in [5.41, 5.74) is 0. The normalized spacial score (nSPS) is 13.0. The van der Waals surface area contributed by atoms with Crippen LogP contribution in [0.1, 0.15) is 0 Å². The maximum Gasteiger partial charge on any atom is 0.391 e. The Morgan fingerprint density at radius 1 is 0.917 bits per heavy atom. The summed E-state index contributed by atoms with van der Waals surface area (Å²) in [7, 11) is 0. The van der Waals surface area contributed by atoms with E-state index in [1.54, 1.807) is 0 Å². The molecule has 0 aliphatic heterocycles. The van der Waals surface area contributed by atoms with Crippen molar-refractivity contribution in [2.24, 2.45) is 0 Å². The molecule has 0 aliphatic rings. The van der Waals surface area contributed by atoms with E-state index in [2.05, 4.69) is 11.6 Å². The van der Waals surface area contributed by atoms with Gasteiger partial charge in [0.2, 0.25) is 5.83 Å². The molecule has 12 heavy (non-hydrogen) atoms. The summed E-state index contributed by atoms with van der Waals surface area (Å²) in [5, 5.41) is -5.37. The zero-order valence-corrected chi connectivity index (χ0v) is 5.78. The molecule has 0 rings (SSSR count). The molecule has 0 radical (unpaired) electrons. The average molecular weight is 216 g/mol. The Balaban J connectivity index is 5.01. The second-order valence-electron chi connectivity index (χ2n) is 1.65. The Morgan fingerprint density at radius 3 is 1.33 bits per heavy atom. The molecule has 0 aliphatic carbocycles. The van der Waals surface area contributed by atoms with Crippen LogP contribution in [-0.4, -0.2) is 11.3 Å². The maximum absolute atomic E-state index is 11.8. The molecule has 0 unspecified atom stereocenters. The molecule has 0 atom stereocenters. The van der Waals surface area contributed by atoms with E-state index in [1.807, 2.05) is 0 Å². The summed E-state index contributed by atoms with van der Waals surface area (Å²) in [6.07, 6.45) is -3.53. The minimum absolute atomic E-state index is 3.53. The van der Waals surface area contributed by atoms with Gasteiger partial charge in [-0.05, 0) is 11.6 Å². The molecule has 0 nitrogen and oxygen atoms in total. The van der Waals surface area contributed by atoms with Crippen LogP contribution in [0.4, 0.5) is 30.7 Å². The first kappa shape index (κ1) is 11.5. The van der Waals surface area contributed by atoms with Crippen molar-refractivity contribution in [1.29, 1.82) is 0 Å². The Hall–Kier alpha value is -0.460. The van der Waals surface area contributed by atoms with Gasteiger partial charge in [-0.1, -0.05) is 0 Å². The molecular formula is C4ClF7. The molecule has 0 saturated heterocycles. The lowest BCUT2D eigenvalue weighted by atomic mass is 10.3. The second-order valence-corrected chi connectivity index (χ2v) is 2.12. The van der Waals surface area contributed by atoms with Gasteiger partial charge in [0.1, 0.15) is 0 Å². The predicted molar refractivity (Wildman–Crippen MR) is 26.1 cm³/mol. The molecule has 0 aromatic heterocycles. The van der Waals surface area contributed by atoms with Crippen molar-refractivity contribution >= 4 is 11.6 Å². The van der Waals surface area contributed by atoms with E-state index in [0.29, 0.717) is 0 Å². The van der Waals surface area contributed by atoms with Crippen molar-refractivity contribution in [3.05, 3.63) is 11.9 Å². The highest BCUT2D eigenvalue weighted by molar-refractivity contribution is 6.22. The first-order valence-electron chi connectivity index (χ1n) is 2.26. The number of rotatable bonds is 2. The van der Waals surface area contributed by atoms with Gasteiger partial charge in [-0.3, -0.25) is 0 Å². The summed E-state index contributed by atoms with van der Waals surface area (Å²) >= 11 is 3.67. The number of halogens is 8. The molecule has 0 fully saturated rings. The van der Waals surface area contributed by atoms with Gasteiger partial charge in [-0.2, -0.15) is 30.7 Å². The average Bonchev–Trinajstić information content (AvgIpc) is 1.83. The quantitative estimate of drug-likeness (QED) is 0.489. The van der Waals surface area contributed by atoms with Crippen LogP contribution in [0.15, 0.2) is 11.9 Å². The summed E-state index contributed by atoms with van der Waals surface area (Å²) in [6.45, 7) is 0. The van der Waals surface area contributed by atoms with E-state index in [4.69, 9.17) is 0 Å². The zero-order chi connectivity index (χ0) is 10.2. The molecule has 0 spiro atoms. The van der Waals surface area contributed by atoms with E-state index in [1.165, 1.54) is 0 Å². The Morgan fingerprint density at radius 2 is 1.25 bits per heavy atom. The van der Waals surface area contributed by atoms with Crippen molar-refractivity contribution in [2.75, 3.05) is 0 Å². The van der Waals surface area contributed by atoms with Gasteiger partial charge in [0.05, 0.1) is 0 Å². The SMILES string of the molecule is FC(F)=C(F)C(F)(F)C(F)(F)Cl. The molecular weight excluding hydrogens is 216 g/mol. The first-order valence-corrected chi connectivity index (χ1v) is 2.64. The third kappa shape index (κ3) is 2.02. The largest absolute Gasteiger partial charge is 0.391 e. The highest BCUT2D eigenvalue weighted by atomic mass is 35.5. The van der Waals surface area contributed by atoms with E-state index in [-0.39, 0.29) is 0 Å². The maximum atomic E-state index is 11.8. The fourth-order valence-corrected chi connectivity index (χ4v) is 0.326. The summed E-state index contributed by atoms with van der Waals surface area (Å²) in [4.78, 5) is 0. The van der Waals surface area contributed by atoms with Crippen LogP contribution < -0.4 is 0 Å². The fraction of sp³-hybridized carbons (Fsp3) is 0.500. The molecule has 0 saturated carbocycles. The summed E-state index contributed by atoms with van der Waals surface area (Å²) in [6, 6.07) is 0. The Bertz CT molecular complexity index is 198. The monoisotopic (exact) mass is 216 g/mol. The molecule has 72 valence electrons. The van der Waals surface area contributed by atoms with Crippen molar-refractivity contribution < 1.29 is 30.7 Å². The standard InChI is InChI=1S/C4ClF7/c5-4(11,12)3(9,10)1(6)2(7)8. The van der Waals surface area contributed by atoms with E-state index < -0.39 is 23.2 Å². The molecule has 8 heteroatoms. The molecule has 0 aromatic rings.